The maximum Gasteiger partial charge on any atom is 0.258 e. The average molecular weight is 504 g/mol. The third-order valence-corrected chi connectivity index (χ3v) is 6.95. The van der Waals surface area contributed by atoms with E-state index in [0.29, 0.717) is 34.4 Å². The number of β-amino-alcohol motifs (C(OH)–C–C–N with tert-alkyl or cyclic N) is 1. The normalized spacial score (nSPS) is 22.9. The number of nitrogens with zero attached hydrogens (tertiary/aromatic N) is 3. The van der Waals surface area contributed by atoms with Gasteiger partial charge in [-0.05, 0) is 45.7 Å². The molecule has 1 amide bonds. The van der Waals surface area contributed by atoms with Crippen molar-refractivity contribution < 1.29 is 19.0 Å². The quantitative estimate of drug-likeness (QED) is 0.572. The van der Waals surface area contributed by atoms with Crippen molar-refractivity contribution in [2.24, 2.45) is 4.99 Å². The molecule has 1 aromatic rings. The van der Waals surface area contributed by atoms with Crippen molar-refractivity contribution in [1.82, 2.24) is 15.1 Å². The van der Waals surface area contributed by atoms with E-state index < -0.39 is 11.9 Å². The molecule has 2 saturated heterocycles. The van der Waals surface area contributed by atoms with Gasteiger partial charge in [0.1, 0.15) is 23.5 Å². The first-order valence-electron chi connectivity index (χ1n) is 11.8. The Hall–Kier alpha value is -2.75. The first-order chi connectivity index (χ1) is 16.6. The Bertz CT molecular complexity index is 1120. The number of benzene rings is 1. The van der Waals surface area contributed by atoms with Crippen molar-refractivity contribution in [1.29, 1.82) is 5.41 Å². The van der Waals surface area contributed by atoms with Crippen LogP contribution in [-0.2, 0) is 0 Å². The molecule has 0 radical (unpaired) electrons. The molecule has 0 aliphatic carbocycles. The van der Waals surface area contributed by atoms with E-state index in [-0.39, 0.29) is 36.4 Å². The van der Waals surface area contributed by atoms with Gasteiger partial charge in [0.15, 0.2) is 0 Å². The molecular formula is C25H31ClFN5O3. The van der Waals surface area contributed by atoms with E-state index in [1.165, 1.54) is 23.1 Å². The summed E-state index contributed by atoms with van der Waals surface area (Å²) >= 11 is 6.21. The summed E-state index contributed by atoms with van der Waals surface area (Å²) in [6, 6.07) is 3.94. The minimum atomic E-state index is -0.476. The molecule has 2 fully saturated rings. The molecule has 0 spiro atoms. The zero-order chi connectivity index (χ0) is 25.3. The molecule has 188 valence electrons. The number of allylic oxidation sites excluding steroid dienone is 2. The Morgan fingerprint density at radius 3 is 2.71 bits per heavy atom. The standard InChI is InChI=1S/C25H31ClFN5O3/c1-14(33)11-31-8-6-18(7-9-31)35-22-10-17(27)4-5-19(22)25(34)32-12-20(21(28)13-32)24-29-15(2)23(26)16(3)30-24/h4-5,10,14,18,28-29,33H,6-9,11-13H2,1-3H3/b24-20+,28-21?. The number of amides is 1. The topological polar surface area (TPSA) is 101 Å². The highest BCUT2D eigenvalue weighted by atomic mass is 35.5. The molecule has 0 saturated carbocycles. The third kappa shape index (κ3) is 5.74. The lowest BCUT2D eigenvalue weighted by Gasteiger charge is -2.33. The van der Waals surface area contributed by atoms with Gasteiger partial charge in [-0.25, -0.2) is 9.38 Å². The minimum Gasteiger partial charge on any atom is -0.489 e. The molecule has 3 aliphatic rings. The van der Waals surface area contributed by atoms with Crippen molar-refractivity contribution in [3.63, 3.8) is 0 Å². The number of ether oxygens (including phenoxy) is 1. The van der Waals surface area contributed by atoms with Crippen LogP contribution in [0.3, 0.4) is 0 Å². The van der Waals surface area contributed by atoms with Gasteiger partial charge in [-0.2, -0.15) is 0 Å². The van der Waals surface area contributed by atoms with Crippen LogP contribution in [0.15, 0.2) is 45.3 Å². The predicted molar refractivity (Wildman–Crippen MR) is 134 cm³/mol. The fourth-order valence-electron chi connectivity index (χ4n) is 4.59. The van der Waals surface area contributed by atoms with E-state index >= 15 is 0 Å². The number of rotatable bonds is 5. The smallest absolute Gasteiger partial charge is 0.258 e. The van der Waals surface area contributed by atoms with E-state index in [1.807, 2.05) is 6.92 Å². The van der Waals surface area contributed by atoms with Crippen LogP contribution in [0.5, 0.6) is 5.75 Å². The summed E-state index contributed by atoms with van der Waals surface area (Å²) in [5.41, 5.74) is 2.58. The van der Waals surface area contributed by atoms with Crippen LogP contribution >= 0.6 is 11.6 Å². The lowest BCUT2D eigenvalue weighted by molar-refractivity contribution is 0.0649. The molecule has 4 rings (SSSR count). The van der Waals surface area contributed by atoms with Gasteiger partial charge in [0.2, 0.25) is 0 Å². The molecular weight excluding hydrogens is 473 g/mol. The highest BCUT2D eigenvalue weighted by Gasteiger charge is 2.32. The fraction of sp³-hybridized carbons (Fsp3) is 0.480. The zero-order valence-electron chi connectivity index (χ0n) is 20.2. The number of piperidine rings is 1. The number of hydrogen-bond donors (Lipinski definition) is 3. The second-order valence-corrected chi connectivity index (χ2v) is 9.71. The second-order valence-electron chi connectivity index (χ2n) is 9.34. The van der Waals surface area contributed by atoms with Crippen LogP contribution in [0.25, 0.3) is 0 Å². The summed E-state index contributed by atoms with van der Waals surface area (Å²) in [5.74, 6) is -0.0693. The van der Waals surface area contributed by atoms with Crippen LogP contribution < -0.4 is 10.1 Å². The number of halogens is 2. The number of carbonyl (C=O) groups is 1. The van der Waals surface area contributed by atoms with E-state index in [0.717, 1.165) is 31.6 Å². The van der Waals surface area contributed by atoms with E-state index in [1.54, 1.807) is 13.8 Å². The molecule has 0 bridgehead atoms. The van der Waals surface area contributed by atoms with E-state index in [2.05, 4.69) is 15.2 Å². The van der Waals surface area contributed by atoms with Crippen LogP contribution in [0, 0.1) is 11.2 Å². The summed E-state index contributed by atoms with van der Waals surface area (Å²) < 4.78 is 20.2. The number of hydrogen-bond acceptors (Lipinski definition) is 7. The van der Waals surface area contributed by atoms with Gasteiger partial charge < -0.3 is 30.4 Å². The van der Waals surface area contributed by atoms with Gasteiger partial charge in [-0.15, -0.1) is 0 Å². The Morgan fingerprint density at radius 1 is 1.34 bits per heavy atom. The number of aliphatic imine (C=N–C) groups is 1. The van der Waals surface area contributed by atoms with Gasteiger partial charge in [-0.1, -0.05) is 11.6 Å². The van der Waals surface area contributed by atoms with Crippen molar-refractivity contribution in [3.8, 4) is 5.75 Å². The molecule has 35 heavy (non-hydrogen) atoms. The lowest BCUT2D eigenvalue weighted by atomic mass is 10.1. The van der Waals surface area contributed by atoms with Gasteiger partial charge in [-0.3, -0.25) is 4.79 Å². The first-order valence-corrected chi connectivity index (χ1v) is 12.2. The predicted octanol–water partition coefficient (Wildman–Crippen LogP) is 3.27. The minimum absolute atomic E-state index is 0.124. The van der Waals surface area contributed by atoms with Crippen LogP contribution in [-0.4, -0.2) is 77.2 Å². The van der Waals surface area contributed by atoms with Crippen molar-refractivity contribution >= 4 is 28.9 Å². The molecule has 3 aliphatic heterocycles. The summed E-state index contributed by atoms with van der Waals surface area (Å²) in [4.78, 5) is 21.6. The van der Waals surface area contributed by atoms with Crippen LogP contribution in [0.4, 0.5) is 4.39 Å². The maximum absolute atomic E-state index is 14.1. The Kier molecular flexibility index (Phi) is 7.59. The maximum atomic E-state index is 14.1. The van der Waals surface area contributed by atoms with Crippen molar-refractivity contribution in [3.05, 3.63) is 51.7 Å². The van der Waals surface area contributed by atoms with Gasteiger partial charge >= 0.3 is 0 Å². The van der Waals surface area contributed by atoms with Crippen LogP contribution in [0.1, 0.15) is 44.0 Å². The lowest BCUT2D eigenvalue weighted by Crippen LogP contribution is -2.41. The Labute approximate surface area is 209 Å². The van der Waals surface area contributed by atoms with Gasteiger partial charge in [0, 0.05) is 37.0 Å². The Morgan fingerprint density at radius 2 is 2.06 bits per heavy atom. The molecule has 1 atom stereocenters. The van der Waals surface area contributed by atoms with E-state index in [9.17, 15) is 14.3 Å². The molecule has 1 aromatic carbocycles. The second kappa shape index (κ2) is 10.5. The van der Waals surface area contributed by atoms with Crippen molar-refractivity contribution in [2.45, 2.75) is 45.8 Å². The largest absolute Gasteiger partial charge is 0.489 e. The third-order valence-electron chi connectivity index (χ3n) is 6.39. The zero-order valence-corrected chi connectivity index (χ0v) is 21.0. The molecule has 3 N–H and O–H groups in total. The molecule has 3 heterocycles. The molecule has 8 nitrogen and oxygen atoms in total. The first kappa shape index (κ1) is 25.3. The van der Waals surface area contributed by atoms with Crippen molar-refractivity contribution in [2.75, 3.05) is 32.7 Å². The molecule has 10 heteroatoms. The fourth-order valence-corrected chi connectivity index (χ4v) is 4.67. The SMILES string of the molecule is CC1=N/C(=C2\CN(C(=O)c3ccc(F)cc3OC3CCN(CC(C)O)CC3)CC2=N)NC(C)=C1Cl. The number of nitrogens with one attached hydrogen (secondary N) is 2. The molecule has 1 unspecified atom stereocenters. The number of carbonyl (C=O) groups excluding carboxylic acids is 1. The van der Waals surface area contributed by atoms with E-state index in [4.69, 9.17) is 21.7 Å². The van der Waals surface area contributed by atoms with Gasteiger partial charge in [0.05, 0.1) is 41.2 Å². The summed E-state index contributed by atoms with van der Waals surface area (Å²) in [6.45, 7) is 7.85. The summed E-state index contributed by atoms with van der Waals surface area (Å²) in [5, 5.41) is 21.7. The number of likely N-dealkylation sites (tertiary alicyclic amines) is 2. The number of aliphatic hydroxyl groups excluding tert-OH is 1. The highest BCUT2D eigenvalue weighted by Crippen LogP contribution is 2.29. The summed E-state index contributed by atoms with van der Waals surface area (Å²) in [6.07, 6.45) is 0.903. The summed E-state index contributed by atoms with van der Waals surface area (Å²) in [7, 11) is 0. The number of aliphatic hydroxyl groups is 1. The molecule has 0 aromatic heterocycles. The average Bonchev–Trinajstić information content (AvgIpc) is 3.19. The van der Waals surface area contributed by atoms with Crippen LogP contribution in [0.2, 0.25) is 0 Å². The van der Waals surface area contributed by atoms with Gasteiger partial charge in [0.25, 0.3) is 5.91 Å². The Balaban J connectivity index is 1.49. The monoisotopic (exact) mass is 503 g/mol. The highest BCUT2D eigenvalue weighted by molar-refractivity contribution is 6.43.